The van der Waals surface area contributed by atoms with Crippen molar-refractivity contribution in [3.63, 3.8) is 0 Å². The fourth-order valence-corrected chi connectivity index (χ4v) is 1.61. The number of esters is 1. The standard InChI is InChI=1S/C18H24O2/c1-15(2)16(3)10-6-5-9-13-20-18(19)14-17-11-7-4-8-12-17/h4-5,7-12,15H,6,13-14H2,1-3H3/b9-5+,16-10+. The Labute approximate surface area is 122 Å². The highest BCUT2D eigenvalue weighted by Gasteiger charge is 2.02. The average Bonchev–Trinajstić information content (AvgIpc) is 2.43. The Morgan fingerprint density at radius 3 is 2.55 bits per heavy atom. The number of carbonyl (C=O) groups is 1. The maximum atomic E-state index is 11.6. The molecule has 0 amide bonds. The van der Waals surface area contributed by atoms with Gasteiger partial charge in [0.25, 0.3) is 0 Å². The maximum absolute atomic E-state index is 11.6. The molecule has 0 fully saturated rings. The summed E-state index contributed by atoms with van der Waals surface area (Å²) in [4.78, 5) is 11.6. The van der Waals surface area contributed by atoms with E-state index in [1.807, 2.05) is 42.5 Å². The molecule has 108 valence electrons. The largest absolute Gasteiger partial charge is 0.461 e. The third-order valence-electron chi connectivity index (χ3n) is 3.19. The second kappa shape index (κ2) is 9.13. The summed E-state index contributed by atoms with van der Waals surface area (Å²) in [6, 6.07) is 9.63. The number of rotatable bonds is 7. The summed E-state index contributed by atoms with van der Waals surface area (Å²) >= 11 is 0. The topological polar surface area (TPSA) is 26.3 Å². The number of allylic oxidation sites excluding steroid dienone is 3. The Balaban J connectivity index is 2.21. The fraction of sp³-hybridized carbons (Fsp3) is 0.389. The molecule has 0 spiro atoms. The van der Waals surface area contributed by atoms with Crippen LogP contribution in [0.25, 0.3) is 0 Å². The molecular weight excluding hydrogens is 248 g/mol. The van der Waals surface area contributed by atoms with Crippen LogP contribution in [-0.2, 0) is 16.0 Å². The highest BCUT2D eigenvalue weighted by Crippen LogP contribution is 2.08. The van der Waals surface area contributed by atoms with E-state index in [9.17, 15) is 4.79 Å². The molecule has 0 aliphatic rings. The molecule has 0 N–H and O–H groups in total. The molecule has 0 atom stereocenters. The second-order valence-corrected chi connectivity index (χ2v) is 5.16. The van der Waals surface area contributed by atoms with Gasteiger partial charge in [0.05, 0.1) is 6.42 Å². The van der Waals surface area contributed by atoms with Crippen molar-refractivity contribution in [1.29, 1.82) is 0 Å². The van der Waals surface area contributed by atoms with Gasteiger partial charge in [-0.15, -0.1) is 0 Å². The molecule has 1 aromatic rings. The lowest BCUT2D eigenvalue weighted by Crippen LogP contribution is -2.07. The van der Waals surface area contributed by atoms with Gasteiger partial charge in [-0.2, -0.15) is 0 Å². The van der Waals surface area contributed by atoms with Gasteiger partial charge in [-0.1, -0.05) is 68.0 Å². The Morgan fingerprint density at radius 1 is 1.20 bits per heavy atom. The van der Waals surface area contributed by atoms with Gasteiger partial charge in [-0.25, -0.2) is 0 Å². The molecule has 0 bridgehead atoms. The normalized spacial score (nSPS) is 12.1. The molecule has 2 heteroatoms. The first-order chi connectivity index (χ1) is 9.59. The lowest BCUT2D eigenvalue weighted by atomic mass is 10.0. The zero-order valence-corrected chi connectivity index (χ0v) is 12.6. The Bertz CT molecular complexity index is 456. The van der Waals surface area contributed by atoms with Crippen LogP contribution in [0, 0.1) is 5.92 Å². The van der Waals surface area contributed by atoms with Crippen molar-refractivity contribution in [1.82, 2.24) is 0 Å². The first kappa shape index (κ1) is 16.2. The van der Waals surface area contributed by atoms with Crippen LogP contribution < -0.4 is 0 Å². The van der Waals surface area contributed by atoms with Crippen molar-refractivity contribution in [3.8, 4) is 0 Å². The van der Waals surface area contributed by atoms with Crippen molar-refractivity contribution in [2.24, 2.45) is 5.92 Å². The lowest BCUT2D eigenvalue weighted by molar-refractivity contribution is -0.141. The van der Waals surface area contributed by atoms with Crippen LogP contribution in [0.2, 0.25) is 0 Å². The highest BCUT2D eigenvalue weighted by atomic mass is 16.5. The summed E-state index contributed by atoms with van der Waals surface area (Å²) in [7, 11) is 0. The average molecular weight is 272 g/mol. The van der Waals surface area contributed by atoms with E-state index in [-0.39, 0.29) is 5.97 Å². The lowest BCUT2D eigenvalue weighted by Gasteiger charge is -2.03. The van der Waals surface area contributed by atoms with E-state index in [0.717, 1.165) is 12.0 Å². The van der Waals surface area contributed by atoms with E-state index in [0.29, 0.717) is 18.9 Å². The van der Waals surface area contributed by atoms with Gasteiger partial charge >= 0.3 is 5.97 Å². The SMILES string of the molecule is C/C(=C\C/C=C/COC(=O)Cc1ccccc1)C(C)C. The van der Waals surface area contributed by atoms with Crippen LogP contribution >= 0.6 is 0 Å². The Hall–Kier alpha value is -1.83. The first-order valence-corrected chi connectivity index (χ1v) is 7.10. The zero-order valence-electron chi connectivity index (χ0n) is 12.6. The summed E-state index contributed by atoms with van der Waals surface area (Å²) in [6.07, 6.45) is 7.35. The molecule has 1 aromatic carbocycles. The van der Waals surface area contributed by atoms with Gasteiger partial charge in [0.2, 0.25) is 0 Å². The summed E-state index contributed by atoms with van der Waals surface area (Å²) in [6.45, 7) is 6.85. The second-order valence-electron chi connectivity index (χ2n) is 5.16. The smallest absolute Gasteiger partial charge is 0.310 e. The monoisotopic (exact) mass is 272 g/mol. The molecule has 0 saturated heterocycles. The molecule has 0 heterocycles. The van der Waals surface area contributed by atoms with Crippen LogP contribution in [0.5, 0.6) is 0 Å². The van der Waals surface area contributed by atoms with Crippen LogP contribution in [-0.4, -0.2) is 12.6 Å². The number of ether oxygens (including phenoxy) is 1. The quantitative estimate of drug-likeness (QED) is 0.546. The van der Waals surface area contributed by atoms with Crippen LogP contribution in [0.15, 0.2) is 54.1 Å². The summed E-state index contributed by atoms with van der Waals surface area (Å²) in [5.74, 6) is 0.404. The number of hydrogen-bond acceptors (Lipinski definition) is 2. The zero-order chi connectivity index (χ0) is 14.8. The van der Waals surface area contributed by atoms with Crippen molar-refractivity contribution >= 4 is 5.97 Å². The third-order valence-corrected chi connectivity index (χ3v) is 3.19. The van der Waals surface area contributed by atoms with E-state index in [1.165, 1.54) is 5.57 Å². The Kier molecular flexibility index (Phi) is 7.41. The van der Waals surface area contributed by atoms with Crippen LogP contribution in [0.1, 0.15) is 32.8 Å². The summed E-state index contributed by atoms with van der Waals surface area (Å²) in [5.41, 5.74) is 2.37. The number of hydrogen-bond donors (Lipinski definition) is 0. The van der Waals surface area contributed by atoms with Crippen LogP contribution in [0.3, 0.4) is 0 Å². The molecule has 0 radical (unpaired) electrons. The van der Waals surface area contributed by atoms with Gasteiger partial charge in [0.15, 0.2) is 0 Å². The molecule has 1 rings (SSSR count). The molecule has 20 heavy (non-hydrogen) atoms. The maximum Gasteiger partial charge on any atom is 0.310 e. The summed E-state index contributed by atoms with van der Waals surface area (Å²) < 4.78 is 5.15. The number of carbonyl (C=O) groups excluding carboxylic acids is 1. The van der Waals surface area contributed by atoms with Gasteiger partial charge in [-0.3, -0.25) is 4.79 Å². The van der Waals surface area contributed by atoms with Gasteiger partial charge in [0.1, 0.15) is 6.61 Å². The van der Waals surface area contributed by atoms with Crippen molar-refractivity contribution < 1.29 is 9.53 Å². The number of benzene rings is 1. The molecule has 0 aliphatic carbocycles. The van der Waals surface area contributed by atoms with E-state index in [1.54, 1.807) is 0 Å². The predicted octanol–water partition coefficient (Wildman–Crippen LogP) is 4.32. The van der Waals surface area contributed by atoms with E-state index in [2.05, 4.69) is 26.8 Å². The molecular formula is C18H24O2. The van der Waals surface area contributed by atoms with Gasteiger partial charge in [0, 0.05) is 0 Å². The molecule has 0 aromatic heterocycles. The van der Waals surface area contributed by atoms with Crippen molar-refractivity contribution in [2.45, 2.75) is 33.6 Å². The summed E-state index contributed by atoms with van der Waals surface area (Å²) in [5, 5.41) is 0. The van der Waals surface area contributed by atoms with Gasteiger partial charge < -0.3 is 4.74 Å². The first-order valence-electron chi connectivity index (χ1n) is 7.10. The predicted molar refractivity (Wildman–Crippen MR) is 83.5 cm³/mol. The van der Waals surface area contributed by atoms with Gasteiger partial charge in [-0.05, 0) is 24.8 Å². The minimum Gasteiger partial charge on any atom is -0.461 e. The highest BCUT2D eigenvalue weighted by molar-refractivity contribution is 5.72. The van der Waals surface area contributed by atoms with E-state index < -0.39 is 0 Å². The van der Waals surface area contributed by atoms with E-state index >= 15 is 0 Å². The van der Waals surface area contributed by atoms with Crippen LogP contribution in [0.4, 0.5) is 0 Å². The third kappa shape index (κ3) is 6.93. The van der Waals surface area contributed by atoms with Crippen molar-refractivity contribution in [2.75, 3.05) is 6.61 Å². The molecule has 0 unspecified atom stereocenters. The minimum atomic E-state index is -0.185. The minimum absolute atomic E-state index is 0.185. The van der Waals surface area contributed by atoms with Crippen molar-refractivity contribution in [3.05, 3.63) is 59.7 Å². The Morgan fingerprint density at radius 2 is 1.90 bits per heavy atom. The molecule has 2 nitrogen and oxygen atoms in total. The fourth-order valence-electron chi connectivity index (χ4n) is 1.61. The molecule has 0 aliphatic heterocycles. The molecule has 0 saturated carbocycles. The van der Waals surface area contributed by atoms with E-state index in [4.69, 9.17) is 4.74 Å².